The van der Waals surface area contributed by atoms with Crippen LogP contribution in [0.25, 0.3) is 0 Å². The molecular weight excluding hydrogens is 370 g/mol. The Kier molecular flexibility index (Phi) is 6.91. The average Bonchev–Trinajstić information content (AvgIpc) is 2.21. The number of likely N-dealkylation sites (N-methyl/N-ethyl adjacent to an activating group) is 1. The summed E-state index contributed by atoms with van der Waals surface area (Å²) in [6.07, 6.45) is -0.609. The van der Waals surface area contributed by atoms with Gasteiger partial charge in [-0.15, -0.1) is 0 Å². The molecule has 0 aromatic rings. The first kappa shape index (κ1) is 17.4. The van der Waals surface area contributed by atoms with Gasteiger partial charge in [0.15, 0.2) is 5.70 Å². The van der Waals surface area contributed by atoms with Gasteiger partial charge in [0.1, 0.15) is 5.60 Å². The van der Waals surface area contributed by atoms with E-state index in [9.17, 15) is 9.59 Å². The fourth-order valence-electron chi connectivity index (χ4n) is 1.08. The Morgan fingerprint density at radius 3 is 2.00 bits per heavy atom. The summed E-state index contributed by atoms with van der Waals surface area (Å²) in [4.78, 5) is 24.8. The molecule has 0 unspecified atom stereocenters. The van der Waals surface area contributed by atoms with E-state index in [4.69, 9.17) is 4.74 Å². The molecule has 7 heteroatoms. The highest BCUT2D eigenvalue weighted by atomic mass is 79.9. The van der Waals surface area contributed by atoms with Crippen LogP contribution in [0.2, 0.25) is 0 Å². The van der Waals surface area contributed by atoms with Gasteiger partial charge in [-0.2, -0.15) is 0 Å². The summed E-state index contributed by atoms with van der Waals surface area (Å²) in [5.74, 6) is -0.633. The quantitative estimate of drug-likeness (QED) is 0.551. The Hall–Kier alpha value is -0.560. The van der Waals surface area contributed by atoms with Gasteiger partial charge in [-0.25, -0.2) is 9.59 Å². The fourth-order valence-corrected chi connectivity index (χ4v) is 1.83. The third-order valence-electron chi connectivity index (χ3n) is 1.76. The lowest BCUT2D eigenvalue weighted by Gasteiger charge is -2.27. The molecule has 0 heterocycles. The maximum atomic E-state index is 12.0. The van der Waals surface area contributed by atoms with Gasteiger partial charge in [0.2, 0.25) is 0 Å². The summed E-state index contributed by atoms with van der Waals surface area (Å²) < 4.78 is 10.2. The van der Waals surface area contributed by atoms with Crippen molar-refractivity contribution in [3.05, 3.63) is 9.09 Å². The topological polar surface area (TPSA) is 55.8 Å². The number of hydrogen-bond acceptors (Lipinski definition) is 4. The lowest BCUT2D eigenvalue weighted by atomic mass is 10.2. The number of hydrogen-bond donors (Lipinski definition) is 0. The maximum Gasteiger partial charge on any atom is 0.415 e. The number of nitrogens with zero attached hydrogens (tertiary/aromatic N) is 1. The van der Waals surface area contributed by atoms with Crippen LogP contribution < -0.4 is 0 Å². The summed E-state index contributed by atoms with van der Waals surface area (Å²) >= 11 is 6.24. The van der Waals surface area contributed by atoms with Crippen molar-refractivity contribution in [3.8, 4) is 0 Å². The molecule has 0 radical (unpaired) electrons. The average molecular weight is 387 g/mol. The number of carbonyl (C=O) groups excluding carboxylic acids is 2. The number of esters is 1. The highest BCUT2D eigenvalue weighted by Crippen LogP contribution is 2.24. The largest absolute Gasteiger partial charge is 0.464 e. The summed E-state index contributed by atoms with van der Waals surface area (Å²) in [5.41, 5.74) is -0.570. The second-order valence-corrected chi connectivity index (χ2v) is 6.98. The molecule has 0 saturated carbocycles. The Labute approximate surface area is 124 Å². The zero-order valence-electron chi connectivity index (χ0n) is 11.0. The second-order valence-electron chi connectivity index (χ2n) is 4.33. The van der Waals surface area contributed by atoms with E-state index < -0.39 is 17.7 Å². The van der Waals surface area contributed by atoms with E-state index in [1.807, 2.05) is 0 Å². The van der Waals surface area contributed by atoms with Crippen molar-refractivity contribution < 1.29 is 19.1 Å². The molecule has 0 bridgehead atoms. The molecule has 0 aliphatic rings. The van der Waals surface area contributed by atoms with Gasteiger partial charge in [-0.1, -0.05) is 0 Å². The van der Waals surface area contributed by atoms with Crippen molar-refractivity contribution in [1.82, 2.24) is 4.90 Å². The molecule has 1 amide bonds. The molecule has 5 nitrogen and oxygen atoms in total. The molecule has 0 aliphatic heterocycles. The molecule has 0 aromatic carbocycles. The highest BCUT2D eigenvalue weighted by Gasteiger charge is 2.29. The molecule has 0 N–H and O–H groups in total. The second kappa shape index (κ2) is 7.13. The minimum atomic E-state index is -0.634. The summed E-state index contributed by atoms with van der Waals surface area (Å²) in [5, 5.41) is 0. The Bertz CT molecular complexity index is 357. The van der Waals surface area contributed by atoms with Crippen molar-refractivity contribution in [2.45, 2.75) is 33.3 Å². The van der Waals surface area contributed by atoms with E-state index in [1.165, 1.54) is 12.0 Å². The zero-order valence-corrected chi connectivity index (χ0v) is 14.2. The highest BCUT2D eigenvalue weighted by molar-refractivity contribution is 9.28. The monoisotopic (exact) mass is 385 g/mol. The third kappa shape index (κ3) is 5.39. The summed E-state index contributed by atoms with van der Waals surface area (Å²) in [7, 11) is 1.24. The molecule has 0 saturated heterocycles. The Morgan fingerprint density at radius 1 is 1.22 bits per heavy atom. The van der Waals surface area contributed by atoms with Gasteiger partial charge in [0, 0.05) is 6.54 Å². The van der Waals surface area contributed by atoms with E-state index in [0.717, 1.165) is 0 Å². The van der Waals surface area contributed by atoms with Crippen LogP contribution in [-0.4, -0.2) is 36.2 Å². The van der Waals surface area contributed by atoms with Crippen molar-refractivity contribution in [3.63, 3.8) is 0 Å². The van der Waals surface area contributed by atoms with Crippen LogP contribution in [0.5, 0.6) is 0 Å². The molecule has 0 atom stereocenters. The van der Waals surface area contributed by atoms with Crippen LogP contribution in [0.3, 0.4) is 0 Å². The van der Waals surface area contributed by atoms with Gasteiger partial charge in [-0.05, 0) is 59.6 Å². The van der Waals surface area contributed by atoms with Crippen LogP contribution in [-0.2, 0) is 14.3 Å². The Balaban J connectivity index is 5.24. The van der Waals surface area contributed by atoms with Crippen molar-refractivity contribution in [1.29, 1.82) is 0 Å². The molecule has 0 spiro atoms. The van der Waals surface area contributed by atoms with E-state index in [0.29, 0.717) is 3.39 Å². The van der Waals surface area contributed by atoms with Gasteiger partial charge < -0.3 is 9.47 Å². The number of halogens is 2. The lowest BCUT2D eigenvalue weighted by Crippen LogP contribution is -2.38. The van der Waals surface area contributed by atoms with Gasteiger partial charge >= 0.3 is 12.1 Å². The fraction of sp³-hybridized carbons (Fsp3) is 0.636. The minimum Gasteiger partial charge on any atom is -0.464 e. The first-order chi connectivity index (χ1) is 8.14. The number of rotatable bonds is 3. The first-order valence-corrected chi connectivity index (χ1v) is 6.86. The van der Waals surface area contributed by atoms with Gasteiger partial charge in [0.25, 0.3) is 0 Å². The predicted octanol–water partition coefficient (Wildman–Crippen LogP) is 3.38. The van der Waals surface area contributed by atoms with Gasteiger partial charge in [-0.3, -0.25) is 4.90 Å². The molecule has 18 heavy (non-hydrogen) atoms. The predicted molar refractivity (Wildman–Crippen MR) is 75.5 cm³/mol. The van der Waals surface area contributed by atoms with Crippen molar-refractivity contribution >= 4 is 43.9 Å². The lowest BCUT2D eigenvalue weighted by molar-refractivity contribution is -0.137. The number of ether oxygens (including phenoxy) is 2. The molecule has 0 aromatic heterocycles. The van der Waals surface area contributed by atoms with E-state index >= 15 is 0 Å². The van der Waals surface area contributed by atoms with Crippen LogP contribution in [0.4, 0.5) is 4.79 Å². The smallest absolute Gasteiger partial charge is 0.415 e. The van der Waals surface area contributed by atoms with Crippen molar-refractivity contribution in [2.75, 3.05) is 13.7 Å². The van der Waals surface area contributed by atoms with Gasteiger partial charge in [0.05, 0.1) is 10.5 Å². The molecule has 0 fully saturated rings. The zero-order chi connectivity index (χ0) is 14.5. The van der Waals surface area contributed by atoms with Crippen molar-refractivity contribution in [2.24, 2.45) is 0 Å². The van der Waals surface area contributed by atoms with Crippen LogP contribution in [0.15, 0.2) is 9.09 Å². The minimum absolute atomic E-state index is 0.0641. The maximum absolute atomic E-state index is 12.0. The van der Waals surface area contributed by atoms with E-state index in [-0.39, 0.29) is 12.2 Å². The first-order valence-electron chi connectivity index (χ1n) is 5.28. The SMILES string of the molecule is CCN(C(=O)OC(C)(C)C)C(C(=O)OC)=C(Br)Br. The molecular formula is C11H17Br2NO4. The van der Waals surface area contributed by atoms with E-state index in [2.05, 4.69) is 36.6 Å². The number of amides is 1. The summed E-state index contributed by atoms with van der Waals surface area (Å²) in [6.45, 7) is 7.27. The molecule has 0 aliphatic carbocycles. The van der Waals surface area contributed by atoms with Crippen LogP contribution in [0, 0.1) is 0 Å². The molecule has 104 valence electrons. The normalized spacial score (nSPS) is 10.6. The third-order valence-corrected chi connectivity index (χ3v) is 2.51. The number of carbonyl (C=O) groups is 2. The summed E-state index contributed by atoms with van der Waals surface area (Å²) in [6, 6.07) is 0. The molecule has 0 rings (SSSR count). The number of methoxy groups -OCH3 is 1. The van der Waals surface area contributed by atoms with Crippen LogP contribution >= 0.6 is 31.9 Å². The Morgan fingerprint density at radius 2 is 1.72 bits per heavy atom. The standard InChI is InChI=1S/C11H17Br2NO4/c1-6-14(10(16)18-11(2,3)4)7(8(12)13)9(15)17-5/h6H2,1-5H3. The van der Waals surface area contributed by atoms with Crippen LogP contribution in [0.1, 0.15) is 27.7 Å². The van der Waals surface area contributed by atoms with E-state index in [1.54, 1.807) is 27.7 Å².